The summed E-state index contributed by atoms with van der Waals surface area (Å²) in [6.07, 6.45) is 3.71. The summed E-state index contributed by atoms with van der Waals surface area (Å²) in [6, 6.07) is 15.8. The molecule has 5 nitrogen and oxygen atoms in total. The number of aryl methyl sites for hydroxylation is 1. The Labute approximate surface area is 146 Å². The lowest BCUT2D eigenvalue weighted by atomic mass is 10.1. The summed E-state index contributed by atoms with van der Waals surface area (Å²) in [7, 11) is 0. The highest BCUT2D eigenvalue weighted by atomic mass is 16.2. The summed E-state index contributed by atoms with van der Waals surface area (Å²) >= 11 is 0. The van der Waals surface area contributed by atoms with E-state index in [1.54, 1.807) is 6.20 Å². The number of pyridine rings is 1. The summed E-state index contributed by atoms with van der Waals surface area (Å²) < 4.78 is 0. The summed E-state index contributed by atoms with van der Waals surface area (Å²) in [5.41, 5.74) is 3.23. The van der Waals surface area contributed by atoms with Crippen LogP contribution in [0.15, 0.2) is 54.7 Å². The topological polar surface area (TPSA) is 61.9 Å². The first-order chi connectivity index (χ1) is 12.2. The van der Waals surface area contributed by atoms with Gasteiger partial charge in [-0.1, -0.05) is 36.4 Å². The fourth-order valence-corrected chi connectivity index (χ4v) is 3.43. The molecule has 0 saturated carbocycles. The molecule has 0 radical (unpaired) electrons. The molecule has 3 heterocycles. The van der Waals surface area contributed by atoms with Crippen LogP contribution in [0, 0.1) is 6.92 Å². The first-order valence-corrected chi connectivity index (χ1v) is 8.58. The third-order valence-corrected chi connectivity index (χ3v) is 4.68. The van der Waals surface area contributed by atoms with Crippen LogP contribution in [0.5, 0.6) is 0 Å². The number of H-pyrrole nitrogens is 1. The third kappa shape index (κ3) is 2.93. The average Bonchev–Trinajstić information content (AvgIpc) is 3.30. The number of nitrogens with zero attached hydrogens (tertiary/aromatic N) is 3. The number of imidazole rings is 1. The predicted molar refractivity (Wildman–Crippen MR) is 96.0 cm³/mol. The number of likely N-dealkylation sites (tertiary alicyclic amines) is 1. The van der Waals surface area contributed by atoms with Gasteiger partial charge in [0.2, 0.25) is 0 Å². The van der Waals surface area contributed by atoms with Crippen molar-refractivity contribution in [1.82, 2.24) is 19.9 Å². The van der Waals surface area contributed by atoms with Crippen LogP contribution in [-0.2, 0) is 0 Å². The molecule has 1 amide bonds. The summed E-state index contributed by atoms with van der Waals surface area (Å²) in [5, 5.41) is 0. The molecule has 1 saturated heterocycles. The van der Waals surface area contributed by atoms with E-state index in [1.165, 1.54) is 0 Å². The highest BCUT2D eigenvalue weighted by Crippen LogP contribution is 2.32. The number of amides is 1. The minimum absolute atomic E-state index is 0.0240. The van der Waals surface area contributed by atoms with E-state index in [1.807, 2.05) is 60.4 Å². The zero-order valence-corrected chi connectivity index (χ0v) is 14.1. The number of nitrogens with one attached hydrogen (secondary N) is 1. The van der Waals surface area contributed by atoms with E-state index in [9.17, 15) is 4.79 Å². The van der Waals surface area contributed by atoms with E-state index in [0.717, 1.165) is 42.2 Å². The van der Waals surface area contributed by atoms with Gasteiger partial charge in [0.05, 0.1) is 11.7 Å². The predicted octanol–water partition coefficient (Wildman–Crippen LogP) is 3.76. The average molecular weight is 332 g/mol. The maximum absolute atomic E-state index is 13.1. The van der Waals surface area contributed by atoms with Crippen LogP contribution in [0.4, 0.5) is 0 Å². The Hall–Kier alpha value is -2.95. The Morgan fingerprint density at radius 2 is 1.96 bits per heavy atom. The van der Waals surface area contributed by atoms with Crippen LogP contribution in [0.1, 0.15) is 40.8 Å². The van der Waals surface area contributed by atoms with Crippen LogP contribution < -0.4 is 0 Å². The van der Waals surface area contributed by atoms with Crippen molar-refractivity contribution in [2.45, 2.75) is 25.8 Å². The fourth-order valence-electron chi connectivity index (χ4n) is 3.43. The summed E-state index contributed by atoms with van der Waals surface area (Å²) in [6.45, 7) is 2.64. The molecule has 5 heteroatoms. The van der Waals surface area contributed by atoms with Crippen LogP contribution in [0.2, 0.25) is 0 Å². The largest absolute Gasteiger partial charge is 0.341 e. The molecule has 0 aliphatic carbocycles. The molecule has 4 rings (SSSR count). The second-order valence-electron chi connectivity index (χ2n) is 6.34. The van der Waals surface area contributed by atoms with Crippen molar-refractivity contribution in [2.24, 2.45) is 0 Å². The molecular weight excluding hydrogens is 312 g/mol. The molecule has 0 bridgehead atoms. The summed E-state index contributed by atoms with van der Waals surface area (Å²) in [5.74, 6) is 0.708. The van der Waals surface area contributed by atoms with Gasteiger partial charge in [-0.3, -0.25) is 9.78 Å². The van der Waals surface area contributed by atoms with E-state index in [-0.39, 0.29) is 11.9 Å². The van der Waals surface area contributed by atoms with Gasteiger partial charge < -0.3 is 9.88 Å². The first-order valence-electron chi connectivity index (χ1n) is 8.58. The van der Waals surface area contributed by atoms with Crippen LogP contribution >= 0.6 is 0 Å². The Morgan fingerprint density at radius 3 is 2.72 bits per heavy atom. The number of aromatic nitrogens is 3. The summed E-state index contributed by atoms with van der Waals surface area (Å²) in [4.78, 5) is 27.3. The molecule has 25 heavy (non-hydrogen) atoms. The number of hydrogen-bond donors (Lipinski definition) is 1. The van der Waals surface area contributed by atoms with Gasteiger partial charge in [0, 0.05) is 24.0 Å². The van der Waals surface area contributed by atoms with E-state index in [4.69, 9.17) is 0 Å². The lowest BCUT2D eigenvalue weighted by molar-refractivity contribution is 0.0727. The lowest BCUT2D eigenvalue weighted by Crippen LogP contribution is -2.31. The molecule has 1 aliphatic heterocycles. The zero-order valence-electron chi connectivity index (χ0n) is 14.1. The normalized spacial score (nSPS) is 17.0. The van der Waals surface area contributed by atoms with Crippen molar-refractivity contribution in [2.75, 3.05) is 6.54 Å². The van der Waals surface area contributed by atoms with Gasteiger partial charge >= 0.3 is 0 Å². The Kier molecular flexibility index (Phi) is 4.06. The molecule has 1 N–H and O–H groups in total. The van der Waals surface area contributed by atoms with Gasteiger partial charge in [0.1, 0.15) is 11.5 Å². The van der Waals surface area contributed by atoms with Crippen molar-refractivity contribution in [1.29, 1.82) is 0 Å². The Morgan fingerprint density at radius 1 is 1.16 bits per heavy atom. The fraction of sp³-hybridized carbons (Fsp3) is 0.250. The number of aromatic amines is 1. The first kappa shape index (κ1) is 15.6. The quantitative estimate of drug-likeness (QED) is 0.794. The maximum Gasteiger partial charge on any atom is 0.274 e. The van der Waals surface area contributed by atoms with E-state index < -0.39 is 0 Å². The number of carbonyl (C=O) groups excluding carboxylic acids is 1. The number of rotatable bonds is 3. The van der Waals surface area contributed by atoms with Gasteiger partial charge in [-0.2, -0.15) is 0 Å². The molecule has 3 aromatic rings. The molecule has 0 spiro atoms. The molecule has 1 aliphatic rings. The SMILES string of the molecule is Cc1[nH]c(-c2ccccc2)nc1C(=O)N1CCCC1c1ccccn1. The van der Waals surface area contributed by atoms with E-state index in [2.05, 4.69) is 15.0 Å². The minimum atomic E-state index is -0.0240. The number of carbonyl (C=O) groups is 1. The van der Waals surface area contributed by atoms with Crippen LogP contribution in [0.25, 0.3) is 11.4 Å². The second kappa shape index (κ2) is 6.51. The molecule has 1 unspecified atom stereocenters. The van der Waals surface area contributed by atoms with Gasteiger partial charge in [-0.05, 0) is 31.9 Å². The molecule has 1 fully saturated rings. The van der Waals surface area contributed by atoms with E-state index >= 15 is 0 Å². The van der Waals surface area contributed by atoms with Gasteiger partial charge in [-0.25, -0.2) is 4.98 Å². The smallest absolute Gasteiger partial charge is 0.274 e. The number of benzene rings is 1. The van der Waals surface area contributed by atoms with Crippen LogP contribution in [-0.4, -0.2) is 32.3 Å². The Balaban J connectivity index is 1.64. The van der Waals surface area contributed by atoms with Crippen molar-refractivity contribution in [3.05, 3.63) is 71.8 Å². The highest BCUT2D eigenvalue weighted by Gasteiger charge is 2.33. The standard InChI is InChI=1S/C20H20N4O/c1-14-18(23-19(22-14)15-8-3-2-4-9-15)20(25)24-13-7-11-17(24)16-10-5-6-12-21-16/h2-6,8-10,12,17H,7,11,13H2,1H3,(H,22,23). The molecule has 1 atom stereocenters. The highest BCUT2D eigenvalue weighted by molar-refractivity contribution is 5.94. The molecule has 2 aromatic heterocycles. The zero-order chi connectivity index (χ0) is 17.2. The van der Waals surface area contributed by atoms with Crippen molar-refractivity contribution in [3.63, 3.8) is 0 Å². The van der Waals surface area contributed by atoms with Gasteiger partial charge in [-0.15, -0.1) is 0 Å². The molecule has 126 valence electrons. The van der Waals surface area contributed by atoms with E-state index in [0.29, 0.717) is 5.69 Å². The second-order valence-corrected chi connectivity index (χ2v) is 6.34. The Bertz CT molecular complexity index is 873. The van der Waals surface area contributed by atoms with Crippen molar-refractivity contribution < 1.29 is 4.79 Å². The van der Waals surface area contributed by atoms with Crippen molar-refractivity contribution in [3.8, 4) is 11.4 Å². The number of hydrogen-bond acceptors (Lipinski definition) is 3. The maximum atomic E-state index is 13.1. The third-order valence-electron chi connectivity index (χ3n) is 4.68. The van der Waals surface area contributed by atoms with Crippen molar-refractivity contribution >= 4 is 5.91 Å². The minimum Gasteiger partial charge on any atom is -0.341 e. The lowest BCUT2D eigenvalue weighted by Gasteiger charge is -2.23. The molecular formula is C20H20N4O. The van der Waals surface area contributed by atoms with Gasteiger partial charge in [0.15, 0.2) is 0 Å². The molecule has 1 aromatic carbocycles. The monoisotopic (exact) mass is 332 g/mol. The van der Waals surface area contributed by atoms with Gasteiger partial charge in [0.25, 0.3) is 5.91 Å². The van der Waals surface area contributed by atoms with Crippen LogP contribution in [0.3, 0.4) is 0 Å².